The maximum absolute atomic E-state index is 10.1. The molecule has 0 aromatic heterocycles. The molecule has 2 aromatic rings. The molecule has 21 heavy (non-hydrogen) atoms. The maximum Gasteiger partial charge on any atom is 0.121 e. The van der Waals surface area contributed by atoms with Crippen molar-refractivity contribution in [3.05, 3.63) is 52.0 Å². The molecule has 1 unspecified atom stereocenters. The van der Waals surface area contributed by atoms with Gasteiger partial charge in [-0.05, 0) is 43.7 Å². The third-order valence-electron chi connectivity index (χ3n) is 3.46. The standard InChI is InChI=1S/C17H21BrN2O/c1-11-5-7-14(17(21)9-11)12(2)19-15-10-13(18)6-8-16(15)20(3)4/h5-10,12,19,21H,1-4H3. The highest BCUT2D eigenvalue weighted by Gasteiger charge is 2.13. The van der Waals surface area contributed by atoms with Crippen LogP contribution in [-0.4, -0.2) is 19.2 Å². The van der Waals surface area contributed by atoms with Crippen LogP contribution in [0.2, 0.25) is 0 Å². The topological polar surface area (TPSA) is 35.5 Å². The Kier molecular flexibility index (Phi) is 4.78. The van der Waals surface area contributed by atoms with Gasteiger partial charge in [0.05, 0.1) is 17.4 Å². The molecule has 1 atom stereocenters. The monoisotopic (exact) mass is 348 g/mol. The number of nitrogens with one attached hydrogen (secondary N) is 1. The van der Waals surface area contributed by atoms with Crippen molar-refractivity contribution < 1.29 is 5.11 Å². The van der Waals surface area contributed by atoms with Gasteiger partial charge in [-0.3, -0.25) is 0 Å². The minimum Gasteiger partial charge on any atom is -0.508 e. The van der Waals surface area contributed by atoms with E-state index >= 15 is 0 Å². The van der Waals surface area contributed by atoms with Crippen LogP contribution in [0.25, 0.3) is 0 Å². The fraction of sp³-hybridized carbons (Fsp3) is 0.294. The number of hydrogen-bond donors (Lipinski definition) is 2. The van der Waals surface area contributed by atoms with Crippen molar-refractivity contribution in [3.8, 4) is 5.75 Å². The van der Waals surface area contributed by atoms with Gasteiger partial charge >= 0.3 is 0 Å². The second kappa shape index (κ2) is 6.39. The van der Waals surface area contributed by atoms with Gasteiger partial charge in [0, 0.05) is 24.1 Å². The molecule has 0 saturated carbocycles. The van der Waals surface area contributed by atoms with Crippen molar-refractivity contribution in [2.75, 3.05) is 24.3 Å². The van der Waals surface area contributed by atoms with E-state index in [0.29, 0.717) is 5.75 Å². The Labute approximate surface area is 134 Å². The zero-order valence-electron chi connectivity index (χ0n) is 12.8. The second-order valence-electron chi connectivity index (χ2n) is 5.48. The molecule has 0 aliphatic rings. The van der Waals surface area contributed by atoms with E-state index in [0.717, 1.165) is 27.0 Å². The Morgan fingerprint density at radius 1 is 1.14 bits per heavy atom. The van der Waals surface area contributed by atoms with E-state index in [-0.39, 0.29) is 6.04 Å². The molecule has 2 aromatic carbocycles. The van der Waals surface area contributed by atoms with Gasteiger partial charge in [0.2, 0.25) is 0 Å². The predicted octanol–water partition coefficient (Wildman–Crippen LogP) is 4.70. The lowest BCUT2D eigenvalue weighted by atomic mass is 10.0. The van der Waals surface area contributed by atoms with Crippen LogP contribution in [0.1, 0.15) is 24.1 Å². The van der Waals surface area contributed by atoms with Crippen molar-refractivity contribution >= 4 is 27.3 Å². The number of aromatic hydroxyl groups is 1. The summed E-state index contributed by atoms with van der Waals surface area (Å²) in [4.78, 5) is 2.07. The Bertz CT molecular complexity index is 641. The van der Waals surface area contributed by atoms with Crippen molar-refractivity contribution in [1.29, 1.82) is 0 Å². The fourth-order valence-electron chi connectivity index (χ4n) is 2.34. The highest BCUT2D eigenvalue weighted by Crippen LogP contribution is 2.33. The van der Waals surface area contributed by atoms with Gasteiger partial charge in [0.15, 0.2) is 0 Å². The normalized spacial score (nSPS) is 12.0. The van der Waals surface area contributed by atoms with Crippen molar-refractivity contribution in [1.82, 2.24) is 0 Å². The van der Waals surface area contributed by atoms with E-state index in [1.165, 1.54) is 0 Å². The average molecular weight is 349 g/mol. The number of phenolic OH excluding ortho intramolecular Hbond substituents is 1. The minimum absolute atomic E-state index is 0.0126. The maximum atomic E-state index is 10.1. The number of nitrogens with zero attached hydrogens (tertiary/aromatic N) is 1. The molecule has 0 bridgehead atoms. The van der Waals surface area contributed by atoms with Gasteiger partial charge in [-0.15, -0.1) is 0 Å². The molecule has 0 radical (unpaired) electrons. The quantitative estimate of drug-likeness (QED) is 0.840. The molecule has 0 spiro atoms. The summed E-state index contributed by atoms with van der Waals surface area (Å²) in [5.41, 5.74) is 4.09. The van der Waals surface area contributed by atoms with Gasteiger partial charge < -0.3 is 15.3 Å². The third-order valence-corrected chi connectivity index (χ3v) is 3.96. The highest BCUT2D eigenvalue weighted by atomic mass is 79.9. The number of benzene rings is 2. The van der Waals surface area contributed by atoms with Crippen LogP contribution in [0.15, 0.2) is 40.9 Å². The summed E-state index contributed by atoms with van der Waals surface area (Å²) in [6.45, 7) is 4.02. The zero-order chi connectivity index (χ0) is 15.6. The summed E-state index contributed by atoms with van der Waals surface area (Å²) < 4.78 is 1.02. The molecule has 3 nitrogen and oxygen atoms in total. The Balaban J connectivity index is 2.31. The number of aryl methyl sites for hydroxylation is 1. The van der Waals surface area contributed by atoms with Gasteiger partial charge in [-0.1, -0.05) is 28.1 Å². The smallest absolute Gasteiger partial charge is 0.121 e. The molecule has 2 N–H and O–H groups in total. The highest BCUT2D eigenvalue weighted by molar-refractivity contribution is 9.10. The molecule has 2 rings (SSSR count). The second-order valence-corrected chi connectivity index (χ2v) is 6.40. The van der Waals surface area contributed by atoms with Gasteiger partial charge in [0.1, 0.15) is 5.75 Å². The van der Waals surface area contributed by atoms with Crippen molar-refractivity contribution in [2.24, 2.45) is 0 Å². The Morgan fingerprint density at radius 3 is 2.48 bits per heavy atom. The number of phenols is 1. The Hall–Kier alpha value is -1.68. The molecule has 0 saturated heterocycles. The number of hydrogen-bond acceptors (Lipinski definition) is 3. The van der Waals surface area contributed by atoms with E-state index in [1.807, 2.05) is 46.1 Å². The lowest BCUT2D eigenvalue weighted by Crippen LogP contribution is -2.14. The van der Waals surface area contributed by atoms with Crippen molar-refractivity contribution in [3.63, 3.8) is 0 Å². The van der Waals surface area contributed by atoms with Crippen LogP contribution >= 0.6 is 15.9 Å². The summed E-state index contributed by atoms with van der Waals surface area (Å²) in [6.07, 6.45) is 0. The molecular formula is C17H21BrN2O. The lowest BCUT2D eigenvalue weighted by molar-refractivity contribution is 0.465. The number of rotatable bonds is 4. The summed E-state index contributed by atoms with van der Waals surface area (Å²) in [5, 5.41) is 13.6. The predicted molar refractivity (Wildman–Crippen MR) is 93.4 cm³/mol. The molecule has 0 aliphatic heterocycles. The number of anilines is 2. The first kappa shape index (κ1) is 15.7. The summed E-state index contributed by atoms with van der Waals surface area (Å²) in [7, 11) is 4.03. The van der Waals surface area contributed by atoms with Crippen LogP contribution in [0.5, 0.6) is 5.75 Å². The Morgan fingerprint density at radius 2 is 1.86 bits per heavy atom. The lowest BCUT2D eigenvalue weighted by Gasteiger charge is -2.23. The fourth-order valence-corrected chi connectivity index (χ4v) is 2.71. The first-order valence-corrected chi connectivity index (χ1v) is 7.70. The summed E-state index contributed by atoms with van der Waals surface area (Å²) in [5.74, 6) is 0.330. The minimum atomic E-state index is 0.0126. The largest absolute Gasteiger partial charge is 0.508 e. The first-order chi connectivity index (χ1) is 9.88. The molecule has 0 heterocycles. The van der Waals surface area contributed by atoms with Gasteiger partial charge in [-0.2, -0.15) is 0 Å². The first-order valence-electron chi connectivity index (χ1n) is 6.91. The zero-order valence-corrected chi connectivity index (χ0v) is 14.4. The van der Waals surface area contributed by atoms with E-state index in [4.69, 9.17) is 0 Å². The SMILES string of the molecule is Cc1ccc(C(C)Nc2cc(Br)ccc2N(C)C)c(O)c1. The van der Waals surface area contributed by atoms with E-state index in [1.54, 1.807) is 6.07 Å². The van der Waals surface area contributed by atoms with Crippen molar-refractivity contribution in [2.45, 2.75) is 19.9 Å². The van der Waals surface area contributed by atoms with Crippen LogP contribution in [0, 0.1) is 6.92 Å². The summed E-state index contributed by atoms with van der Waals surface area (Å²) in [6, 6.07) is 11.9. The van der Waals surface area contributed by atoms with Gasteiger partial charge in [-0.25, -0.2) is 0 Å². The third kappa shape index (κ3) is 3.70. The van der Waals surface area contributed by atoms with E-state index in [2.05, 4.69) is 38.3 Å². The van der Waals surface area contributed by atoms with Crippen LogP contribution in [-0.2, 0) is 0 Å². The summed E-state index contributed by atoms with van der Waals surface area (Å²) >= 11 is 3.51. The molecule has 112 valence electrons. The van der Waals surface area contributed by atoms with Crippen LogP contribution in [0.3, 0.4) is 0 Å². The number of halogens is 1. The van der Waals surface area contributed by atoms with E-state index < -0.39 is 0 Å². The molecule has 0 aliphatic carbocycles. The van der Waals surface area contributed by atoms with Crippen LogP contribution in [0.4, 0.5) is 11.4 Å². The average Bonchev–Trinajstić information content (AvgIpc) is 2.37. The van der Waals surface area contributed by atoms with E-state index in [9.17, 15) is 5.11 Å². The van der Waals surface area contributed by atoms with Crippen LogP contribution < -0.4 is 10.2 Å². The van der Waals surface area contributed by atoms with Gasteiger partial charge in [0.25, 0.3) is 0 Å². The molecular weight excluding hydrogens is 328 g/mol. The molecule has 0 amide bonds. The molecule has 0 fully saturated rings. The molecule has 4 heteroatoms.